The first kappa shape index (κ1) is 11.7. The molecule has 1 aromatic carbocycles. The second-order valence-corrected chi connectivity index (χ2v) is 6.01. The topological polar surface area (TPSA) is 12.0 Å². The van der Waals surface area contributed by atoms with Crippen molar-refractivity contribution in [2.45, 2.75) is 52.5 Å². The first-order valence-corrected chi connectivity index (χ1v) is 6.26. The maximum absolute atomic E-state index is 3.52. The van der Waals surface area contributed by atoms with Gasteiger partial charge in [0, 0.05) is 18.5 Å². The molecule has 0 atom stereocenters. The van der Waals surface area contributed by atoms with Crippen molar-refractivity contribution in [3.8, 4) is 0 Å². The van der Waals surface area contributed by atoms with Crippen LogP contribution in [0.25, 0.3) is 0 Å². The maximum Gasteiger partial charge on any atom is 0.0209 e. The Labute approximate surface area is 99.3 Å². The molecule has 0 saturated heterocycles. The second kappa shape index (κ2) is 3.89. The summed E-state index contributed by atoms with van der Waals surface area (Å²) in [5.41, 5.74) is 6.27. The summed E-state index contributed by atoms with van der Waals surface area (Å²) in [5, 5.41) is 3.52. The number of rotatable bonds is 1. The quantitative estimate of drug-likeness (QED) is 0.759. The Morgan fingerprint density at radius 2 is 1.94 bits per heavy atom. The lowest BCUT2D eigenvalue weighted by Crippen LogP contribution is -2.39. The molecule has 1 aliphatic heterocycles. The minimum atomic E-state index is 0.271. The fourth-order valence-electron chi connectivity index (χ4n) is 2.93. The highest BCUT2D eigenvalue weighted by molar-refractivity contribution is 5.45. The van der Waals surface area contributed by atoms with Gasteiger partial charge in [0.2, 0.25) is 0 Å². The Balaban J connectivity index is 2.57. The molecule has 0 amide bonds. The van der Waals surface area contributed by atoms with Gasteiger partial charge >= 0.3 is 0 Å². The van der Waals surface area contributed by atoms with Gasteiger partial charge in [-0.15, -0.1) is 0 Å². The largest absolute Gasteiger partial charge is 0.312 e. The van der Waals surface area contributed by atoms with E-state index in [4.69, 9.17) is 0 Å². The van der Waals surface area contributed by atoms with E-state index >= 15 is 0 Å². The normalized spacial score (nSPS) is 18.6. The van der Waals surface area contributed by atoms with Crippen LogP contribution >= 0.6 is 0 Å². The van der Waals surface area contributed by atoms with Gasteiger partial charge in [-0.3, -0.25) is 0 Å². The molecular formula is C15H23N. The predicted molar refractivity (Wildman–Crippen MR) is 70.0 cm³/mol. The van der Waals surface area contributed by atoms with Gasteiger partial charge in [0.25, 0.3) is 0 Å². The van der Waals surface area contributed by atoms with Crippen LogP contribution in [0.5, 0.6) is 0 Å². The summed E-state index contributed by atoms with van der Waals surface area (Å²) in [5.74, 6) is 0.619. The molecule has 1 heterocycles. The van der Waals surface area contributed by atoms with E-state index in [0.29, 0.717) is 5.92 Å². The molecule has 1 aliphatic rings. The molecule has 0 saturated carbocycles. The molecule has 0 aromatic heterocycles. The summed E-state index contributed by atoms with van der Waals surface area (Å²) in [6.45, 7) is 13.6. The van der Waals surface area contributed by atoms with E-state index in [-0.39, 0.29) is 5.41 Å². The summed E-state index contributed by atoms with van der Waals surface area (Å²) < 4.78 is 0. The monoisotopic (exact) mass is 217 g/mol. The summed E-state index contributed by atoms with van der Waals surface area (Å²) in [7, 11) is 0. The van der Waals surface area contributed by atoms with Gasteiger partial charge in [-0.2, -0.15) is 0 Å². The lowest BCUT2D eigenvalue weighted by Gasteiger charge is -2.35. The molecule has 0 spiro atoms. The van der Waals surface area contributed by atoms with Crippen LogP contribution < -0.4 is 5.32 Å². The van der Waals surface area contributed by atoms with Gasteiger partial charge in [-0.1, -0.05) is 39.8 Å². The molecule has 0 bridgehead atoms. The molecule has 1 heteroatoms. The predicted octanol–water partition coefficient (Wildman–Crippen LogP) is 3.50. The van der Waals surface area contributed by atoms with Gasteiger partial charge in [0.05, 0.1) is 0 Å². The average Bonchev–Trinajstić information content (AvgIpc) is 2.15. The van der Waals surface area contributed by atoms with E-state index in [1.54, 1.807) is 5.56 Å². The van der Waals surface area contributed by atoms with E-state index in [9.17, 15) is 0 Å². The highest BCUT2D eigenvalue weighted by atomic mass is 14.9. The van der Waals surface area contributed by atoms with Crippen LogP contribution in [-0.2, 0) is 12.0 Å². The Morgan fingerprint density at radius 3 is 2.56 bits per heavy atom. The van der Waals surface area contributed by atoms with Crippen molar-refractivity contribution in [3.63, 3.8) is 0 Å². The lowest BCUT2D eigenvalue weighted by molar-refractivity contribution is 0.432. The number of hydrogen-bond donors (Lipinski definition) is 1. The van der Waals surface area contributed by atoms with Gasteiger partial charge in [0.1, 0.15) is 0 Å². The van der Waals surface area contributed by atoms with Crippen molar-refractivity contribution >= 4 is 0 Å². The number of benzene rings is 1. The molecular weight excluding hydrogens is 194 g/mol. The standard InChI is InChI=1S/C15H23N/c1-10(2)12-6-11(3)14-13(7-12)8-16-9-15(14,4)5/h6-7,10,16H,8-9H2,1-5H3. The van der Waals surface area contributed by atoms with Crippen molar-refractivity contribution in [2.24, 2.45) is 0 Å². The smallest absolute Gasteiger partial charge is 0.0209 e. The molecule has 0 radical (unpaired) electrons. The minimum Gasteiger partial charge on any atom is -0.312 e. The van der Waals surface area contributed by atoms with Crippen LogP contribution in [0.3, 0.4) is 0 Å². The fourth-order valence-corrected chi connectivity index (χ4v) is 2.93. The SMILES string of the molecule is Cc1cc(C(C)C)cc2c1C(C)(C)CNC2. The first-order valence-electron chi connectivity index (χ1n) is 6.26. The molecule has 16 heavy (non-hydrogen) atoms. The number of hydrogen-bond acceptors (Lipinski definition) is 1. The van der Waals surface area contributed by atoms with Crippen molar-refractivity contribution in [1.82, 2.24) is 5.32 Å². The molecule has 88 valence electrons. The Bertz CT molecular complexity index is 402. The molecule has 1 N–H and O–H groups in total. The van der Waals surface area contributed by atoms with E-state index in [2.05, 4.69) is 52.1 Å². The van der Waals surface area contributed by atoms with Crippen LogP contribution in [0.4, 0.5) is 0 Å². The number of fused-ring (bicyclic) bond motifs is 1. The minimum absolute atomic E-state index is 0.271. The zero-order valence-electron chi connectivity index (χ0n) is 11.1. The third-order valence-corrected chi connectivity index (χ3v) is 3.67. The summed E-state index contributed by atoms with van der Waals surface area (Å²) in [4.78, 5) is 0. The van der Waals surface area contributed by atoms with Crippen molar-refractivity contribution < 1.29 is 0 Å². The van der Waals surface area contributed by atoms with Crippen molar-refractivity contribution in [1.29, 1.82) is 0 Å². The molecule has 1 nitrogen and oxygen atoms in total. The molecule has 1 aromatic rings. The first-order chi connectivity index (χ1) is 7.42. The van der Waals surface area contributed by atoms with Crippen LogP contribution in [0.1, 0.15) is 55.9 Å². The maximum atomic E-state index is 3.52. The van der Waals surface area contributed by atoms with E-state index in [1.807, 2.05) is 0 Å². The third-order valence-electron chi connectivity index (χ3n) is 3.67. The molecule has 0 aliphatic carbocycles. The Morgan fingerprint density at radius 1 is 1.25 bits per heavy atom. The lowest BCUT2D eigenvalue weighted by atomic mass is 9.75. The van der Waals surface area contributed by atoms with Gasteiger partial charge in [0.15, 0.2) is 0 Å². The summed E-state index contributed by atoms with van der Waals surface area (Å²) >= 11 is 0. The van der Waals surface area contributed by atoms with E-state index in [0.717, 1.165) is 13.1 Å². The van der Waals surface area contributed by atoms with Gasteiger partial charge in [-0.05, 0) is 35.1 Å². The van der Waals surface area contributed by atoms with Crippen molar-refractivity contribution in [2.75, 3.05) is 6.54 Å². The molecule has 0 unspecified atom stereocenters. The summed E-state index contributed by atoms with van der Waals surface area (Å²) in [6.07, 6.45) is 0. The average molecular weight is 217 g/mol. The number of aryl methyl sites for hydroxylation is 1. The number of nitrogens with one attached hydrogen (secondary N) is 1. The Kier molecular flexibility index (Phi) is 2.83. The van der Waals surface area contributed by atoms with Crippen LogP contribution in [-0.4, -0.2) is 6.54 Å². The van der Waals surface area contributed by atoms with Crippen LogP contribution in [0.2, 0.25) is 0 Å². The zero-order valence-corrected chi connectivity index (χ0v) is 11.1. The third kappa shape index (κ3) is 1.89. The highest BCUT2D eigenvalue weighted by Gasteiger charge is 2.29. The molecule has 0 fully saturated rings. The van der Waals surface area contributed by atoms with Crippen LogP contribution in [0, 0.1) is 6.92 Å². The highest BCUT2D eigenvalue weighted by Crippen LogP contribution is 2.34. The zero-order chi connectivity index (χ0) is 11.9. The summed E-state index contributed by atoms with van der Waals surface area (Å²) in [6, 6.07) is 4.76. The molecule has 2 rings (SSSR count). The van der Waals surface area contributed by atoms with E-state index in [1.165, 1.54) is 16.7 Å². The Hall–Kier alpha value is -0.820. The van der Waals surface area contributed by atoms with E-state index < -0.39 is 0 Å². The fraction of sp³-hybridized carbons (Fsp3) is 0.600. The van der Waals surface area contributed by atoms with Crippen molar-refractivity contribution in [3.05, 3.63) is 34.4 Å². The second-order valence-electron chi connectivity index (χ2n) is 6.01. The van der Waals surface area contributed by atoms with Gasteiger partial charge < -0.3 is 5.32 Å². The van der Waals surface area contributed by atoms with Gasteiger partial charge in [-0.25, -0.2) is 0 Å². The van der Waals surface area contributed by atoms with Crippen LogP contribution in [0.15, 0.2) is 12.1 Å².